The average Bonchev–Trinajstić information content (AvgIpc) is 3.08. The van der Waals surface area contributed by atoms with Gasteiger partial charge in [-0.05, 0) is 55.9 Å². The van der Waals surface area contributed by atoms with Crippen molar-refractivity contribution in [3.63, 3.8) is 0 Å². The highest BCUT2D eigenvalue weighted by Crippen LogP contribution is 2.25. The lowest BCUT2D eigenvalue weighted by Gasteiger charge is -2.32. The van der Waals surface area contributed by atoms with Gasteiger partial charge >= 0.3 is 0 Å². The largest absolute Gasteiger partial charge is 0.289 e. The molecule has 1 N–H and O–H groups in total. The van der Waals surface area contributed by atoms with Crippen molar-refractivity contribution >= 4 is 15.9 Å². The number of benzene rings is 1. The van der Waals surface area contributed by atoms with Crippen molar-refractivity contribution in [1.82, 2.24) is 14.7 Å². The van der Waals surface area contributed by atoms with E-state index in [-0.39, 0.29) is 16.7 Å². The number of amides is 1. The Labute approximate surface area is 148 Å². The molecule has 2 fully saturated rings. The summed E-state index contributed by atoms with van der Waals surface area (Å²) in [6, 6.07) is 4.87. The number of rotatable bonds is 5. The average molecular weight is 369 g/mol. The summed E-state index contributed by atoms with van der Waals surface area (Å²) in [7, 11) is -3.65. The first-order valence-electron chi connectivity index (χ1n) is 8.75. The number of carbonyl (C=O) groups excluding carboxylic acids is 1. The van der Waals surface area contributed by atoms with E-state index < -0.39 is 15.8 Å². The normalized spacial score (nSPS) is 22.8. The number of sulfonamides is 1. The Bertz CT molecular complexity index is 702. The van der Waals surface area contributed by atoms with Crippen LogP contribution in [0, 0.1) is 11.7 Å². The minimum atomic E-state index is -3.65. The van der Waals surface area contributed by atoms with Gasteiger partial charge in [0.15, 0.2) is 0 Å². The van der Waals surface area contributed by atoms with Crippen LogP contribution < -0.4 is 5.43 Å². The monoisotopic (exact) mass is 369 g/mol. The lowest BCUT2D eigenvalue weighted by atomic mass is 9.96. The van der Waals surface area contributed by atoms with Crippen LogP contribution in [-0.4, -0.2) is 49.8 Å². The van der Waals surface area contributed by atoms with Gasteiger partial charge in [-0.3, -0.25) is 10.2 Å². The minimum Gasteiger partial charge on any atom is -0.289 e. The molecule has 0 bridgehead atoms. The molecule has 2 heterocycles. The van der Waals surface area contributed by atoms with Gasteiger partial charge in [0.2, 0.25) is 15.9 Å². The number of nitrogens with one attached hydrogen (secondary N) is 1. The van der Waals surface area contributed by atoms with Crippen molar-refractivity contribution in [2.45, 2.75) is 37.0 Å². The molecule has 1 unspecified atom stereocenters. The van der Waals surface area contributed by atoms with Gasteiger partial charge in [-0.15, -0.1) is 0 Å². The minimum absolute atomic E-state index is 0.00609. The summed E-state index contributed by atoms with van der Waals surface area (Å²) in [6.07, 6.45) is 4.07. The highest BCUT2D eigenvalue weighted by Gasteiger charge is 2.31. The third-order valence-corrected chi connectivity index (χ3v) is 6.68. The number of hydrogen-bond donors (Lipinski definition) is 1. The molecule has 3 rings (SSSR count). The number of carbonyl (C=O) groups is 1. The van der Waals surface area contributed by atoms with Gasteiger partial charge in [0.1, 0.15) is 5.82 Å². The van der Waals surface area contributed by atoms with Gasteiger partial charge < -0.3 is 0 Å². The highest BCUT2D eigenvalue weighted by molar-refractivity contribution is 7.89. The van der Waals surface area contributed by atoms with Gasteiger partial charge in [0.25, 0.3) is 0 Å². The van der Waals surface area contributed by atoms with E-state index in [2.05, 4.69) is 5.43 Å². The number of piperidine rings is 1. The summed E-state index contributed by atoms with van der Waals surface area (Å²) >= 11 is 0. The van der Waals surface area contributed by atoms with E-state index in [0.29, 0.717) is 19.5 Å². The summed E-state index contributed by atoms with van der Waals surface area (Å²) in [5.41, 5.74) is 2.90. The molecule has 6 nitrogen and oxygen atoms in total. The van der Waals surface area contributed by atoms with Crippen molar-refractivity contribution in [1.29, 1.82) is 0 Å². The number of hydrazine groups is 1. The smallest absolute Gasteiger partial charge is 0.243 e. The number of nitrogens with zero attached hydrogens (tertiary/aromatic N) is 2. The second-order valence-electron chi connectivity index (χ2n) is 6.76. The summed E-state index contributed by atoms with van der Waals surface area (Å²) < 4.78 is 39.9. The highest BCUT2D eigenvalue weighted by atomic mass is 32.2. The van der Waals surface area contributed by atoms with Crippen molar-refractivity contribution in [2.75, 3.05) is 26.2 Å². The van der Waals surface area contributed by atoms with Crippen LogP contribution in [-0.2, 0) is 14.8 Å². The Hall–Kier alpha value is -1.51. The molecule has 25 heavy (non-hydrogen) atoms. The quantitative estimate of drug-likeness (QED) is 0.858. The van der Waals surface area contributed by atoms with Gasteiger partial charge in [-0.2, -0.15) is 4.31 Å². The second kappa shape index (κ2) is 7.80. The van der Waals surface area contributed by atoms with Crippen LogP contribution in [0.3, 0.4) is 0 Å². The summed E-state index contributed by atoms with van der Waals surface area (Å²) in [5.74, 6) is -0.506. The fourth-order valence-corrected chi connectivity index (χ4v) is 5.04. The number of hydrogen-bond acceptors (Lipinski definition) is 4. The molecular weight excluding hydrogens is 345 g/mol. The van der Waals surface area contributed by atoms with Gasteiger partial charge in [0.05, 0.1) is 4.90 Å². The lowest BCUT2D eigenvalue weighted by molar-refractivity contribution is -0.126. The number of halogens is 1. The molecule has 2 saturated heterocycles. The Morgan fingerprint density at radius 1 is 1.12 bits per heavy atom. The van der Waals surface area contributed by atoms with Crippen LogP contribution in [0.5, 0.6) is 0 Å². The van der Waals surface area contributed by atoms with Crippen LogP contribution in [0.15, 0.2) is 29.2 Å². The molecule has 0 aliphatic carbocycles. The molecule has 0 saturated carbocycles. The van der Waals surface area contributed by atoms with Gasteiger partial charge in [-0.25, -0.2) is 17.8 Å². The zero-order valence-corrected chi connectivity index (χ0v) is 15.0. The van der Waals surface area contributed by atoms with Crippen LogP contribution in [0.25, 0.3) is 0 Å². The maximum atomic E-state index is 13.0. The molecular formula is C17H24FN3O3S. The maximum absolute atomic E-state index is 13.0. The summed E-state index contributed by atoms with van der Waals surface area (Å²) in [4.78, 5) is 12.3. The Kier molecular flexibility index (Phi) is 5.71. The molecule has 2 aliphatic heterocycles. The third-order valence-electron chi connectivity index (χ3n) is 4.80. The van der Waals surface area contributed by atoms with Crippen molar-refractivity contribution < 1.29 is 17.6 Å². The van der Waals surface area contributed by atoms with E-state index in [4.69, 9.17) is 0 Å². The van der Waals surface area contributed by atoms with Crippen molar-refractivity contribution in [3.8, 4) is 0 Å². The van der Waals surface area contributed by atoms with E-state index >= 15 is 0 Å². The summed E-state index contributed by atoms with van der Waals surface area (Å²) in [5, 5.41) is 1.93. The molecule has 8 heteroatoms. The SMILES string of the molecule is O=C(CC1CCCN(S(=O)(=O)c2ccc(F)cc2)C1)NN1CCCC1. The first kappa shape index (κ1) is 18.3. The molecule has 2 aliphatic rings. The lowest BCUT2D eigenvalue weighted by Crippen LogP contribution is -2.44. The van der Waals surface area contributed by atoms with Crippen LogP contribution >= 0.6 is 0 Å². The molecule has 1 atom stereocenters. The van der Waals surface area contributed by atoms with Crippen LogP contribution in [0.4, 0.5) is 4.39 Å². The fourth-order valence-electron chi connectivity index (χ4n) is 3.48. The van der Waals surface area contributed by atoms with Crippen LogP contribution in [0.2, 0.25) is 0 Å². The third kappa shape index (κ3) is 4.56. The molecule has 138 valence electrons. The Morgan fingerprint density at radius 2 is 1.80 bits per heavy atom. The van der Waals surface area contributed by atoms with E-state index in [1.54, 1.807) is 0 Å². The zero-order valence-electron chi connectivity index (χ0n) is 14.2. The molecule has 1 amide bonds. The fraction of sp³-hybridized carbons (Fsp3) is 0.588. The molecule has 1 aromatic rings. The predicted molar refractivity (Wildman–Crippen MR) is 91.4 cm³/mol. The standard InChI is InChI=1S/C17H24FN3O3S/c18-15-5-7-16(8-6-15)25(23,24)21-11-3-4-14(13-21)12-17(22)19-20-9-1-2-10-20/h5-8,14H,1-4,9-13H2,(H,19,22). The van der Waals surface area contributed by atoms with Gasteiger partial charge in [0, 0.05) is 32.6 Å². The first-order chi connectivity index (χ1) is 11.9. The zero-order chi connectivity index (χ0) is 17.9. The van der Waals surface area contributed by atoms with Crippen LogP contribution in [0.1, 0.15) is 32.1 Å². The molecule has 0 spiro atoms. The molecule has 0 aromatic heterocycles. The van der Waals surface area contributed by atoms with E-state index in [0.717, 1.165) is 50.9 Å². The molecule has 1 aromatic carbocycles. The van der Waals surface area contributed by atoms with Gasteiger partial charge in [-0.1, -0.05) is 0 Å². The Morgan fingerprint density at radius 3 is 2.48 bits per heavy atom. The van der Waals surface area contributed by atoms with Crippen molar-refractivity contribution in [2.24, 2.45) is 5.92 Å². The maximum Gasteiger partial charge on any atom is 0.243 e. The van der Waals surface area contributed by atoms with E-state index in [1.807, 2.05) is 5.01 Å². The summed E-state index contributed by atoms with van der Waals surface area (Å²) in [6.45, 7) is 2.51. The van der Waals surface area contributed by atoms with E-state index in [1.165, 1.54) is 16.4 Å². The first-order valence-corrected chi connectivity index (χ1v) is 10.2. The Balaban J connectivity index is 1.60. The van der Waals surface area contributed by atoms with E-state index in [9.17, 15) is 17.6 Å². The molecule has 0 radical (unpaired) electrons. The predicted octanol–water partition coefficient (Wildman–Crippen LogP) is 1.74. The topological polar surface area (TPSA) is 69.7 Å². The second-order valence-corrected chi connectivity index (χ2v) is 8.70. The van der Waals surface area contributed by atoms with Crippen molar-refractivity contribution in [3.05, 3.63) is 30.1 Å².